The van der Waals surface area contributed by atoms with E-state index in [0.29, 0.717) is 6.04 Å². The zero-order chi connectivity index (χ0) is 14.7. The van der Waals surface area contributed by atoms with Gasteiger partial charge in [-0.05, 0) is 63.5 Å². The van der Waals surface area contributed by atoms with Crippen molar-refractivity contribution in [3.05, 3.63) is 23.9 Å². The second-order valence-corrected chi connectivity index (χ2v) is 6.36. The molecule has 2 atom stereocenters. The Hall–Kier alpha value is -1.13. The number of pyridine rings is 1. The van der Waals surface area contributed by atoms with Crippen LogP contribution in [0, 0.1) is 0 Å². The predicted molar refractivity (Wildman–Crippen MR) is 87.8 cm³/mol. The third-order valence-electron chi connectivity index (χ3n) is 4.92. The summed E-state index contributed by atoms with van der Waals surface area (Å²) in [7, 11) is 0. The summed E-state index contributed by atoms with van der Waals surface area (Å²) in [5.41, 5.74) is 1.34. The Balaban J connectivity index is 1.65. The lowest BCUT2D eigenvalue weighted by Crippen LogP contribution is -2.35. The molecule has 4 nitrogen and oxygen atoms in total. The van der Waals surface area contributed by atoms with E-state index in [0.717, 1.165) is 31.5 Å². The fraction of sp³-hybridized carbons (Fsp3) is 0.706. The van der Waals surface area contributed by atoms with Crippen molar-refractivity contribution in [3.63, 3.8) is 0 Å². The molecule has 3 heterocycles. The van der Waals surface area contributed by atoms with Gasteiger partial charge in [-0.3, -0.25) is 4.90 Å². The highest BCUT2D eigenvalue weighted by Crippen LogP contribution is 2.25. The van der Waals surface area contributed by atoms with E-state index in [1.54, 1.807) is 0 Å². The average molecular weight is 288 g/mol. The van der Waals surface area contributed by atoms with Gasteiger partial charge in [0.2, 0.25) is 0 Å². The molecule has 2 unspecified atom stereocenters. The van der Waals surface area contributed by atoms with Crippen molar-refractivity contribution >= 4 is 5.82 Å². The molecule has 3 rings (SSSR count). The van der Waals surface area contributed by atoms with E-state index in [4.69, 9.17) is 0 Å². The third kappa shape index (κ3) is 3.38. The van der Waals surface area contributed by atoms with Gasteiger partial charge in [-0.25, -0.2) is 4.98 Å². The predicted octanol–water partition coefficient (Wildman–Crippen LogP) is 2.43. The molecule has 0 aliphatic carbocycles. The molecule has 4 heteroatoms. The summed E-state index contributed by atoms with van der Waals surface area (Å²) in [5.74, 6) is 1.15. The third-order valence-corrected chi connectivity index (χ3v) is 4.92. The standard InChI is InChI=1S/C17H28N4/c1-3-18-14(2)15-6-8-19-17(12-15)21-11-7-16(13-21)20-9-4-5-10-20/h6,8,12,14,16,18H,3-5,7,9-11,13H2,1-2H3. The molecule has 0 amide bonds. The van der Waals surface area contributed by atoms with Gasteiger partial charge in [-0.2, -0.15) is 0 Å². The molecular formula is C17H28N4. The first-order chi connectivity index (χ1) is 10.3. The Kier molecular flexibility index (Phi) is 4.76. The molecule has 2 aliphatic rings. The molecule has 0 radical (unpaired) electrons. The van der Waals surface area contributed by atoms with Crippen LogP contribution < -0.4 is 10.2 Å². The van der Waals surface area contributed by atoms with E-state index in [-0.39, 0.29) is 0 Å². The van der Waals surface area contributed by atoms with E-state index in [1.807, 2.05) is 6.20 Å². The number of rotatable bonds is 5. The quantitative estimate of drug-likeness (QED) is 0.901. The first-order valence-electron chi connectivity index (χ1n) is 8.46. The van der Waals surface area contributed by atoms with Crippen LogP contribution in [0.3, 0.4) is 0 Å². The first-order valence-corrected chi connectivity index (χ1v) is 8.46. The molecule has 1 aromatic rings. The first kappa shape index (κ1) is 14.8. The Labute approximate surface area is 128 Å². The van der Waals surface area contributed by atoms with Crippen LogP contribution in [-0.2, 0) is 0 Å². The highest BCUT2D eigenvalue weighted by atomic mass is 15.3. The molecule has 1 aromatic heterocycles. The summed E-state index contributed by atoms with van der Waals surface area (Å²) >= 11 is 0. The van der Waals surface area contributed by atoms with Crippen LogP contribution >= 0.6 is 0 Å². The van der Waals surface area contributed by atoms with Gasteiger partial charge in [0, 0.05) is 31.4 Å². The summed E-state index contributed by atoms with van der Waals surface area (Å²) < 4.78 is 0. The van der Waals surface area contributed by atoms with Gasteiger partial charge in [0.15, 0.2) is 0 Å². The van der Waals surface area contributed by atoms with Crippen LogP contribution in [0.1, 0.15) is 44.7 Å². The number of nitrogens with zero attached hydrogens (tertiary/aromatic N) is 3. The van der Waals surface area contributed by atoms with E-state index in [2.05, 4.69) is 46.1 Å². The van der Waals surface area contributed by atoms with Gasteiger partial charge < -0.3 is 10.2 Å². The maximum Gasteiger partial charge on any atom is 0.128 e. The van der Waals surface area contributed by atoms with Crippen LogP contribution in [0.5, 0.6) is 0 Å². The molecule has 1 N–H and O–H groups in total. The SMILES string of the molecule is CCNC(C)c1ccnc(N2CCC(N3CCCC3)C2)c1. The molecule has 0 bridgehead atoms. The lowest BCUT2D eigenvalue weighted by Gasteiger charge is -2.24. The Morgan fingerprint density at radius 3 is 2.90 bits per heavy atom. The van der Waals surface area contributed by atoms with Gasteiger partial charge in [0.1, 0.15) is 5.82 Å². The minimum Gasteiger partial charge on any atom is -0.355 e. The summed E-state index contributed by atoms with van der Waals surface area (Å²) in [5, 5.41) is 3.48. The van der Waals surface area contributed by atoms with Crippen LogP contribution in [0.2, 0.25) is 0 Å². The second-order valence-electron chi connectivity index (χ2n) is 6.36. The van der Waals surface area contributed by atoms with E-state index < -0.39 is 0 Å². The van der Waals surface area contributed by atoms with Gasteiger partial charge in [-0.1, -0.05) is 6.92 Å². The molecule has 2 aliphatic heterocycles. The second kappa shape index (κ2) is 6.75. The molecule has 116 valence electrons. The number of nitrogens with one attached hydrogen (secondary N) is 1. The summed E-state index contributed by atoms with van der Waals surface area (Å²) in [6, 6.07) is 5.53. The molecule has 2 fully saturated rings. The maximum absolute atomic E-state index is 4.60. The smallest absolute Gasteiger partial charge is 0.128 e. The highest BCUT2D eigenvalue weighted by molar-refractivity contribution is 5.43. The zero-order valence-corrected chi connectivity index (χ0v) is 13.4. The number of hydrogen-bond acceptors (Lipinski definition) is 4. The van der Waals surface area contributed by atoms with Gasteiger partial charge >= 0.3 is 0 Å². The normalized spacial score (nSPS) is 24.7. The summed E-state index contributed by atoms with van der Waals surface area (Å²) in [4.78, 5) is 9.74. The van der Waals surface area contributed by atoms with Crippen LogP contribution in [0.25, 0.3) is 0 Å². The van der Waals surface area contributed by atoms with Crippen molar-refractivity contribution in [2.75, 3.05) is 37.6 Å². The van der Waals surface area contributed by atoms with Crippen molar-refractivity contribution in [3.8, 4) is 0 Å². The minimum absolute atomic E-state index is 0.397. The molecule has 2 saturated heterocycles. The van der Waals surface area contributed by atoms with Crippen LogP contribution in [0.15, 0.2) is 18.3 Å². The number of likely N-dealkylation sites (tertiary alicyclic amines) is 1. The Morgan fingerprint density at radius 1 is 1.33 bits per heavy atom. The van der Waals surface area contributed by atoms with E-state index in [9.17, 15) is 0 Å². The van der Waals surface area contributed by atoms with Crippen molar-refractivity contribution in [2.45, 2.75) is 45.2 Å². The molecule has 0 spiro atoms. The number of aromatic nitrogens is 1. The highest BCUT2D eigenvalue weighted by Gasteiger charge is 2.29. The van der Waals surface area contributed by atoms with Crippen LogP contribution in [-0.4, -0.2) is 48.6 Å². The van der Waals surface area contributed by atoms with Gasteiger partial charge in [-0.15, -0.1) is 0 Å². The molecule has 0 saturated carbocycles. The molecule has 21 heavy (non-hydrogen) atoms. The van der Waals surface area contributed by atoms with Crippen molar-refractivity contribution in [1.29, 1.82) is 0 Å². The van der Waals surface area contributed by atoms with Gasteiger partial charge in [0.05, 0.1) is 0 Å². The van der Waals surface area contributed by atoms with Gasteiger partial charge in [0.25, 0.3) is 0 Å². The van der Waals surface area contributed by atoms with Crippen molar-refractivity contribution < 1.29 is 0 Å². The fourth-order valence-electron chi connectivity index (χ4n) is 3.66. The minimum atomic E-state index is 0.397. The average Bonchev–Trinajstić information content (AvgIpc) is 3.18. The maximum atomic E-state index is 4.60. The lowest BCUT2D eigenvalue weighted by atomic mass is 10.1. The zero-order valence-electron chi connectivity index (χ0n) is 13.4. The number of anilines is 1. The van der Waals surface area contributed by atoms with Crippen molar-refractivity contribution in [1.82, 2.24) is 15.2 Å². The lowest BCUT2D eigenvalue weighted by molar-refractivity contribution is 0.260. The Bertz CT molecular complexity index is 456. The topological polar surface area (TPSA) is 31.4 Å². The van der Waals surface area contributed by atoms with Crippen molar-refractivity contribution in [2.24, 2.45) is 0 Å². The van der Waals surface area contributed by atoms with E-state index in [1.165, 1.54) is 37.9 Å². The van der Waals surface area contributed by atoms with E-state index >= 15 is 0 Å². The van der Waals surface area contributed by atoms with Crippen LogP contribution in [0.4, 0.5) is 5.82 Å². The fourth-order valence-corrected chi connectivity index (χ4v) is 3.66. The summed E-state index contributed by atoms with van der Waals surface area (Å²) in [6.07, 6.45) is 6.01. The number of hydrogen-bond donors (Lipinski definition) is 1. The molecular weight excluding hydrogens is 260 g/mol. The molecule has 0 aromatic carbocycles. The monoisotopic (exact) mass is 288 g/mol. The summed E-state index contributed by atoms with van der Waals surface area (Å²) in [6.45, 7) is 10.3. The Morgan fingerprint density at radius 2 is 2.14 bits per heavy atom. The largest absolute Gasteiger partial charge is 0.355 e.